The molecule has 30 heavy (non-hydrogen) atoms. The quantitative estimate of drug-likeness (QED) is 0.564. The van der Waals surface area contributed by atoms with Gasteiger partial charge in [0.05, 0.1) is 31.3 Å². The third-order valence-corrected chi connectivity index (χ3v) is 7.53. The molecule has 3 heterocycles. The number of amides is 1. The summed E-state index contributed by atoms with van der Waals surface area (Å²) >= 11 is 3.09. The summed E-state index contributed by atoms with van der Waals surface area (Å²) < 4.78 is 6.26. The monoisotopic (exact) mass is 445 g/mol. The fraction of sp³-hybridized carbons (Fsp3) is 0.429. The van der Waals surface area contributed by atoms with Gasteiger partial charge in [-0.2, -0.15) is 0 Å². The van der Waals surface area contributed by atoms with Crippen LogP contribution in [-0.4, -0.2) is 28.5 Å². The number of nitrogens with one attached hydrogen (secondary N) is 1. The molecule has 0 saturated carbocycles. The number of nitrogens with zero attached hydrogens (tertiary/aromatic N) is 2. The fourth-order valence-corrected chi connectivity index (χ4v) is 5.79. The Kier molecular flexibility index (Phi) is 6.29. The number of fused-ring (bicyclic) bond motifs is 3. The second-order valence-corrected chi connectivity index (χ2v) is 9.36. The van der Waals surface area contributed by atoms with Crippen molar-refractivity contribution >= 4 is 44.8 Å². The SMILES string of the molecule is COC(=O)CC(NC(=O)CCn1cnc2sc3c(c2c1=O)CCCC3)c1cccs1. The molecule has 1 amide bonds. The summed E-state index contributed by atoms with van der Waals surface area (Å²) in [7, 11) is 1.33. The molecule has 158 valence electrons. The third kappa shape index (κ3) is 4.32. The highest BCUT2D eigenvalue weighted by molar-refractivity contribution is 7.18. The number of ether oxygens (including phenoxy) is 1. The Morgan fingerprint density at radius 2 is 2.17 bits per heavy atom. The van der Waals surface area contributed by atoms with Gasteiger partial charge >= 0.3 is 5.97 Å². The minimum atomic E-state index is -0.439. The normalized spacial score (nSPS) is 14.3. The Bertz CT molecular complexity index is 1120. The van der Waals surface area contributed by atoms with Crippen molar-refractivity contribution in [2.45, 2.75) is 51.1 Å². The van der Waals surface area contributed by atoms with E-state index in [1.54, 1.807) is 11.3 Å². The van der Waals surface area contributed by atoms with Crippen LogP contribution < -0.4 is 10.9 Å². The molecule has 0 spiro atoms. The summed E-state index contributed by atoms with van der Waals surface area (Å²) in [5.74, 6) is -0.613. The molecule has 7 nitrogen and oxygen atoms in total. The number of esters is 1. The van der Waals surface area contributed by atoms with Crippen LogP contribution in [0.4, 0.5) is 0 Å². The largest absolute Gasteiger partial charge is 0.469 e. The van der Waals surface area contributed by atoms with Crippen LogP contribution in [0, 0.1) is 0 Å². The number of methoxy groups -OCH3 is 1. The van der Waals surface area contributed by atoms with Gasteiger partial charge in [-0.3, -0.25) is 19.0 Å². The van der Waals surface area contributed by atoms with Crippen LogP contribution in [0.1, 0.15) is 47.0 Å². The van der Waals surface area contributed by atoms with Gasteiger partial charge in [0.1, 0.15) is 4.83 Å². The van der Waals surface area contributed by atoms with E-state index in [4.69, 9.17) is 4.74 Å². The minimum absolute atomic E-state index is 0.0667. The van der Waals surface area contributed by atoms with E-state index in [-0.39, 0.29) is 36.8 Å². The zero-order valence-electron chi connectivity index (χ0n) is 16.7. The molecule has 1 aliphatic rings. The van der Waals surface area contributed by atoms with Crippen LogP contribution >= 0.6 is 22.7 Å². The number of aromatic nitrogens is 2. The van der Waals surface area contributed by atoms with Crippen molar-refractivity contribution in [3.8, 4) is 0 Å². The Morgan fingerprint density at radius 1 is 1.33 bits per heavy atom. The summed E-state index contributed by atoms with van der Waals surface area (Å²) in [6, 6.07) is 3.31. The van der Waals surface area contributed by atoms with Crippen LogP contribution in [0.3, 0.4) is 0 Å². The summed E-state index contributed by atoms with van der Waals surface area (Å²) in [4.78, 5) is 44.7. The molecular weight excluding hydrogens is 422 g/mol. The lowest BCUT2D eigenvalue weighted by Gasteiger charge is -2.16. The molecule has 0 radical (unpaired) electrons. The molecule has 4 rings (SSSR count). The van der Waals surface area contributed by atoms with Gasteiger partial charge in [-0.05, 0) is 42.7 Å². The van der Waals surface area contributed by atoms with Gasteiger partial charge in [0.2, 0.25) is 5.91 Å². The molecule has 9 heteroatoms. The average molecular weight is 446 g/mol. The van der Waals surface area contributed by atoms with E-state index in [1.807, 2.05) is 17.5 Å². The van der Waals surface area contributed by atoms with Gasteiger partial charge in [-0.1, -0.05) is 6.07 Å². The first-order valence-electron chi connectivity index (χ1n) is 9.96. The highest BCUT2D eigenvalue weighted by Gasteiger charge is 2.22. The topological polar surface area (TPSA) is 90.3 Å². The Hall–Kier alpha value is -2.52. The highest BCUT2D eigenvalue weighted by atomic mass is 32.1. The van der Waals surface area contributed by atoms with Crippen molar-refractivity contribution in [1.82, 2.24) is 14.9 Å². The first-order chi connectivity index (χ1) is 14.6. The van der Waals surface area contributed by atoms with Gasteiger partial charge in [0.15, 0.2) is 0 Å². The van der Waals surface area contributed by atoms with Gasteiger partial charge in [-0.15, -0.1) is 22.7 Å². The summed E-state index contributed by atoms with van der Waals surface area (Å²) in [5, 5.41) is 5.51. The molecule has 1 unspecified atom stereocenters. The van der Waals surface area contributed by atoms with E-state index in [0.717, 1.165) is 46.3 Å². The lowest BCUT2D eigenvalue weighted by molar-refractivity contribution is -0.141. The molecule has 0 bridgehead atoms. The average Bonchev–Trinajstić information content (AvgIpc) is 3.40. The fourth-order valence-electron chi connectivity index (χ4n) is 3.79. The maximum Gasteiger partial charge on any atom is 0.307 e. The Balaban J connectivity index is 1.46. The zero-order chi connectivity index (χ0) is 21.1. The van der Waals surface area contributed by atoms with Gasteiger partial charge in [-0.25, -0.2) is 4.98 Å². The third-order valence-electron chi connectivity index (χ3n) is 5.34. The second-order valence-electron chi connectivity index (χ2n) is 7.30. The number of carbonyl (C=O) groups excluding carboxylic acids is 2. The minimum Gasteiger partial charge on any atom is -0.469 e. The van der Waals surface area contributed by atoms with Gasteiger partial charge in [0.25, 0.3) is 5.56 Å². The predicted octanol–water partition coefficient (Wildman–Crippen LogP) is 3.21. The van der Waals surface area contributed by atoms with Crippen molar-refractivity contribution in [3.05, 3.63) is 49.5 Å². The Morgan fingerprint density at radius 3 is 2.93 bits per heavy atom. The first kappa shape index (κ1) is 20.7. The lowest BCUT2D eigenvalue weighted by atomic mass is 9.97. The molecule has 3 aromatic rings. The molecule has 0 aromatic carbocycles. The van der Waals surface area contributed by atoms with Gasteiger partial charge in [0, 0.05) is 22.7 Å². The van der Waals surface area contributed by atoms with Crippen molar-refractivity contribution < 1.29 is 14.3 Å². The number of thiophene rings is 2. The van der Waals surface area contributed by atoms with Crippen molar-refractivity contribution in [1.29, 1.82) is 0 Å². The van der Waals surface area contributed by atoms with E-state index < -0.39 is 6.04 Å². The van der Waals surface area contributed by atoms with E-state index in [1.165, 1.54) is 34.2 Å². The van der Waals surface area contributed by atoms with E-state index in [2.05, 4.69) is 10.3 Å². The number of hydrogen-bond donors (Lipinski definition) is 1. The molecule has 1 aliphatic carbocycles. The summed E-state index contributed by atoms with van der Waals surface area (Å²) in [5.41, 5.74) is 1.07. The number of rotatable bonds is 7. The van der Waals surface area contributed by atoms with Crippen molar-refractivity contribution in [2.75, 3.05) is 7.11 Å². The number of hydrogen-bond acceptors (Lipinski definition) is 7. The van der Waals surface area contributed by atoms with E-state index in [0.29, 0.717) is 0 Å². The highest BCUT2D eigenvalue weighted by Crippen LogP contribution is 2.33. The summed E-state index contributed by atoms with van der Waals surface area (Å²) in [6.45, 7) is 0.244. The molecule has 3 aromatic heterocycles. The molecule has 1 atom stereocenters. The van der Waals surface area contributed by atoms with E-state index >= 15 is 0 Å². The summed E-state index contributed by atoms with van der Waals surface area (Å²) in [6.07, 6.45) is 5.92. The maximum absolute atomic E-state index is 13.0. The first-order valence-corrected chi connectivity index (χ1v) is 11.7. The second kappa shape index (κ2) is 9.09. The van der Waals surface area contributed by atoms with E-state index in [9.17, 15) is 14.4 Å². The van der Waals surface area contributed by atoms with Gasteiger partial charge < -0.3 is 10.1 Å². The number of carbonyl (C=O) groups is 2. The molecule has 0 aliphatic heterocycles. The predicted molar refractivity (Wildman–Crippen MR) is 117 cm³/mol. The van der Waals surface area contributed by atoms with Crippen molar-refractivity contribution in [2.24, 2.45) is 0 Å². The van der Waals surface area contributed by atoms with Crippen LogP contribution in [0.25, 0.3) is 10.2 Å². The van der Waals surface area contributed by atoms with Crippen LogP contribution in [0.5, 0.6) is 0 Å². The zero-order valence-corrected chi connectivity index (χ0v) is 18.3. The van der Waals surface area contributed by atoms with Crippen LogP contribution in [0.2, 0.25) is 0 Å². The smallest absolute Gasteiger partial charge is 0.307 e. The maximum atomic E-state index is 13.0. The lowest BCUT2D eigenvalue weighted by Crippen LogP contribution is -2.31. The molecule has 1 N–H and O–H groups in total. The van der Waals surface area contributed by atoms with Crippen LogP contribution in [0.15, 0.2) is 28.6 Å². The molecule has 0 saturated heterocycles. The van der Waals surface area contributed by atoms with Crippen molar-refractivity contribution in [3.63, 3.8) is 0 Å². The standard InChI is InChI=1S/C21H23N3O4S2/c1-28-18(26)11-14(16-7-4-10-29-16)23-17(25)8-9-24-12-22-20-19(21(24)27)13-5-2-3-6-15(13)30-20/h4,7,10,12,14H,2-3,5-6,8-9,11H2,1H3,(H,23,25). The molecule has 0 fully saturated rings. The Labute approximate surface area is 181 Å². The molecular formula is C21H23N3O4S2. The van der Waals surface area contributed by atoms with Crippen LogP contribution in [-0.2, 0) is 33.7 Å². The number of aryl methyl sites for hydroxylation is 3.